The first-order valence-corrected chi connectivity index (χ1v) is 10.1. The summed E-state index contributed by atoms with van der Waals surface area (Å²) in [5.41, 5.74) is 2.96. The molecule has 3 N–H and O–H groups in total. The van der Waals surface area contributed by atoms with Crippen LogP contribution in [0.2, 0.25) is 0 Å². The molecule has 2 heterocycles. The first kappa shape index (κ1) is 20.5. The van der Waals surface area contributed by atoms with Crippen LogP contribution in [0.3, 0.4) is 0 Å². The minimum atomic E-state index is -0.962. The molecular formula is C21H22N4O3S. The maximum absolute atomic E-state index is 11.3. The number of nitrogens with one attached hydrogen (secondary N) is 2. The number of rotatable bonds is 7. The van der Waals surface area contributed by atoms with Gasteiger partial charge in [0, 0.05) is 23.9 Å². The summed E-state index contributed by atoms with van der Waals surface area (Å²) in [7, 11) is 0. The summed E-state index contributed by atoms with van der Waals surface area (Å²) in [6.07, 6.45) is 1.52. The number of anilines is 3. The summed E-state index contributed by atoms with van der Waals surface area (Å²) in [5, 5.41) is 15.9. The summed E-state index contributed by atoms with van der Waals surface area (Å²) in [5.74, 6) is 0.204. The molecule has 0 radical (unpaired) electrons. The molecular weight excluding hydrogens is 388 g/mol. The van der Waals surface area contributed by atoms with E-state index in [1.165, 1.54) is 18.3 Å². The first-order valence-electron chi connectivity index (χ1n) is 9.29. The van der Waals surface area contributed by atoms with E-state index in [-0.39, 0.29) is 11.5 Å². The number of aromatic carboxylic acids is 1. The zero-order valence-corrected chi connectivity index (χ0v) is 17.3. The van der Waals surface area contributed by atoms with Gasteiger partial charge in [0.2, 0.25) is 5.91 Å². The summed E-state index contributed by atoms with van der Waals surface area (Å²) in [6.45, 7) is 5.57. The normalized spacial score (nSPS) is 10.6. The van der Waals surface area contributed by atoms with Gasteiger partial charge in [0.25, 0.3) is 0 Å². The van der Waals surface area contributed by atoms with Crippen LogP contribution in [-0.2, 0) is 17.6 Å². The molecule has 1 aromatic carbocycles. The molecule has 0 bridgehead atoms. The van der Waals surface area contributed by atoms with Crippen molar-refractivity contribution in [1.82, 2.24) is 9.97 Å². The Morgan fingerprint density at radius 1 is 1.03 bits per heavy atom. The number of benzene rings is 1. The number of hydrogen-bond acceptors (Lipinski definition) is 6. The van der Waals surface area contributed by atoms with Crippen LogP contribution in [0.1, 0.15) is 42.4 Å². The van der Waals surface area contributed by atoms with Gasteiger partial charge in [-0.2, -0.15) is 0 Å². The van der Waals surface area contributed by atoms with Crippen LogP contribution in [0.15, 0.2) is 36.4 Å². The van der Waals surface area contributed by atoms with Crippen molar-refractivity contribution in [3.63, 3.8) is 0 Å². The third-order valence-electron chi connectivity index (χ3n) is 4.30. The van der Waals surface area contributed by atoms with E-state index in [4.69, 9.17) is 15.1 Å². The Hall–Kier alpha value is -3.26. The zero-order valence-electron chi connectivity index (χ0n) is 16.4. The SMILES string of the molecule is CCc1nc(-c2ccc(NC(C)=O)s2)nc(Nc2ccc(C(=O)O)cc2)c1CC. The second kappa shape index (κ2) is 8.83. The Morgan fingerprint density at radius 3 is 2.34 bits per heavy atom. The Morgan fingerprint density at radius 2 is 1.76 bits per heavy atom. The third kappa shape index (κ3) is 4.78. The van der Waals surface area contributed by atoms with Gasteiger partial charge in [0.05, 0.1) is 15.4 Å². The molecule has 29 heavy (non-hydrogen) atoms. The predicted molar refractivity (Wildman–Crippen MR) is 115 cm³/mol. The van der Waals surface area contributed by atoms with E-state index in [1.807, 2.05) is 19.1 Å². The summed E-state index contributed by atoms with van der Waals surface area (Å²) in [4.78, 5) is 32.7. The molecule has 7 nitrogen and oxygen atoms in total. The van der Waals surface area contributed by atoms with Crippen LogP contribution in [-0.4, -0.2) is 27.0 Å². The lowest BCUT2D eigenvalue weighted by Gasteiger charge is -2.15. The van der Waals surface area contributed by atoms with Gasteiger partial charge >= 0.3 is 5.97 Å². The molecule has 3 aromatic rings. The van der Waals surface area contributed by atoms with Gasteiger partial charge in [-0.3, -0.25) is 4.79 Å². The van der Waals surface area contributed by atoms with Crippen molar-refractivity contribution in [2.24, 2.45) is 0 Å². The Bertz CT molecular complexity index is 1040. The molecule has 0 saturated heterocycles. The Kier molecular flexibility index (Phi) is 6.23. The second-order valence-electron chi connectivity index (χ2n) is 6.38. The average molecular weight is 410 g/mol. The van der Waals surface area contributed by atoms with Gasteiger partial charge in [0.1, 0.15) is 5.82 Å². The summed E-state index contributed by atoms with van der Waals surface area (Å²) in [6, 6.07) is 10.3. The molecule has 150 valence electrons. The van der Waals surface area contributed by atoms with E-state index in [0.717, 1.165) is 39.7 Å². The predicted octanol–water partition coefficient (Wildman–Crippen LogP) is 4.73. The number of thiophene rings is 1. The van der Waals surface area contributed by atoms with Gasteiger partial charge in [-0.1, -0.05) is 13.8 Å². The monoisotopic (exact) mass is 410 g/mol. The van der Waals surface area contributed by atoms with Gasteiger partial charge in [-0.05, 0) is 49.2 Å². The lowest BCUT2D eigenvalue weighted by atomic mass is 10.1. The molecule has 8 heteroatoms. The Balaban J connectivity index is 1.98. The lowest BCUT2D eigenvalue weighted by Crippen LogP contribution is -2.07. The van der Waals surface area contributed by atoms with E-state index < -0.39 is 5.97 Å². The molecule has 0 aliphatic carbocycles. The van der Waals surface area contributed by atoms with Crippen molar-refractivity contribution in [2.75, 3.05) is 10.6 Å². The van der Waals surface area contributed by atoms with Crippen LogP contribution in [0.5, 0.6) is 0 Å². The maximum atomic E-state index is 11.3. The molecule has 1 amide bonds. The number of carboxylic acid groups (broad SMARTS) is 1. The molecule has 3 rings (SSSR count). The van der Waals surface area contributed by atoms with Crippen molar-refractivity contribution in [3.05, 3.63) is 53.2 Å². The number of aryl methyl sites for hydroxylation is 1. The minimum absolute atomic E-state index is 0.123. The third-order valence-corrected chi connectivity index (χ3v) is 5.30. The molecule has 0 atom stereocenters. The largest absolute Gasteiger partial charge is 0.478 e. The number of hydrogen-bond donors (Lipinski definition) is 3. The highest BCUT2D eigenvalue weighted by Crippen LogP contribution is 2.32. The number of carbonyl (C=O) groups excluding carboxylic acids is 1. The molecule has 0 saturated carbocycles. The van der Waals surface area contributed by atoms with Crippen LogP contribution in [0.4, 0.5) is 16.5 Å². The van der Waals surface area contributed by atoms with E-state index in [2.05, 4.69) is 17.6 Å². The molecule has 2 aromatic heterocycles. The van der Waals surface area contributed by atoms with Crippen molar-refractivity contribution in [2.45, 2.75) is 33.6 Å². The number of amides is 1. The quantitative estimate of drug-likeness (QED) is 0.520. The first-order chi connectivity index (χ1) is 13.9. The van der Waals surface area contributed by atoms with Crippen molar-refractivity contribution >= 4 is 39.7 Å². The highest BCUT2D eigenvalue weighted by molar-refractivity contribution is 7.19. The van der Waals surface area contributed by atoms with Crippen molar-refractivity contribution in [1.29, 1.82) is 0 Å². The molecule has 0 aliphatic heterocycles. The van der Waals surface area contributed by atoms with Crippen LogP contribution in [0, 0.1) is 0 Å². The molecule has 0 aliphatic rings. The van der Waals surface area contributed by atoms with E-state index >= 15 is 0 Å². The molecule has 0 fully saturated rings. The number of carboxylic acids is 1. The molecule has 0 unspecified atom stereocenters. The van der Waals surface area contributed by atoms with Crippen molar-refractivity contribution in [3.8, 4) is 10.7 Å². The zero-order chi connectivity index (χ0) is 21.0. The van der Waals surface area contributed by atoms with Gasteiger partial charge in [-0.25, -0.2) is 14.8 Å². The fraction of sp³-hybridized carbons (Fsp3) is 0.238. The standard InChI is InChI=1S/C21H22N4O3S/c1-4-15-16(5-2)24-20(17-10-11-18(29-17)22-12(3)26)25-19(15)23-14-8-6-13(7-9-14)21(27)28/h6-11H,4-5H2,1-3H3,(H,22,26)(H,27,28)(H,23,24,25). The lowest BCUT2D eigenvalue weighted by molar-refractivity contribution is -0.114. The van der Waals surface area contributed by atoms with Crippen LogP contribution >= 0.6 is 11.3 Å². The fourth-order valence-corrected chi connectivity index (χ4v) is 3.83. The maximum Gasteiger partial charge on any atom is 0.335 e. The number of carbonyl (C=O) groups is 2. The smallest absolute Gasteiger partial charge is 0.335 e. The second-order valence-corrected chi connectivity index (χ2v) is 7.46. The van der Waals surface area contributed by atoms with E-state index in [9.17, 15) is 9.59 Å². The molecule has 0 spiro atoms. The summed E-state index contributed by atoms with van der Waals surface area (Å²) >= 11 is 1.42. The van der Waals surface area contributed by atoms with Crippen LogP contribution < -0.4 is 10.6 Å². The average Bonchev–Trinajstić information content (AvgIpc) is 3.15. The summed E-state index contributed by atoms with van der Waals surface area (Å²) < 4.78 is 0. The van der Waals surface area contributed by atoms with E-state index in [0.29, 0.717) is 11.6 Å². The fourth-order valence-electron chi connectivity index (χ4n) is 2.94. The van der Waals surface area contributed by atoms with Gasteiger partial charge in [0.15, 0.2) is 5.82 Å². The highest BCUT2D eigenvalue weighted by atomic mass is 32.1. The number of aromatic nitrogens is 2. The van der Waals surface area contributed by atoms with E-state index in [1.54, 1.807) is 24.3 Å². The highest BCUT2D eigenvalue weighted by Gasteiger charge is 2.15. The topological polar surface area (TPSA) is 104 Å². The van der Waals surface area contributed by atoms with Gasteiger partial charge < -0.3 is 15.7 Å². The van der Waals surface area contributed by atoms with Crippen LogP contribution in [0.25, 0.3) is 10.7 Å². The Labute approximate surface area is 172 Å². The van der Waals surface area contributed by atoms with Crippen molar-refractivity contribution < 1.29 is 14.7 Å². The number of nitrogens with zero attached hydrogens (tertiary/aromatic N) is 2. The minimum Gasteiger partial charge on any atom is -0.478 e. The van der Waals surface area contributed by atoms with Gasteiger partial charge in [-0.15, -0.1) is 11.3 Å².